The number of esters is 1. The van der Waals surface area contributed by atoms with Crippen LogP contribution in [0.15, 0.2) is 0 Å². The molecule has 1 aliphatic heterocycles. The first kappa shape index (κ1) is 17.3. The van der Waals surface area contributed by atoms with Gasteiger partial charge in [-0.05, 0) is 27.8 Å². The molecule has 2 heterocycles. The number of hydrogen-bond acceptors (Lipinski definition) is 7. The summed E-state index contributed by atoms with van der Waals surface area (Å²) in [5.41, 5.74) is 8.74. The highest BCUT2D eigenvalue weighted by molar-refractivity contribution is 6.02. The van der Waals surface area contributed by atoms with E-state index in [0.717, 1.165) is 38.4 Å². The topological polar surface area (TPSA) is 83.7 Å². The molecule has 0 radical (unpaired) electrons. The number of carbonyl (C=O) groups is 1. The third kappa shape index (κ3) is 3.67. The number of piperazine rings is 1. The smallest absolute Gasteiger partial charge is 0.342 e. The molecule has 1 aromatic heterocycles. The summed E-state index contributed by atoms with van der Waals surface area (Å²) in [5, 5.41) is 3.18. The van der Waals surface area contributed by atoms with Gasteiger partial charge in [-0.2, -0.15) is 0 Å². The highest BCUT2D eigenvalue weighted by atomic mass is 16.5. The maximum atomic E-state index is 12.4. The fourth-order valence-electron chi connectivity index (χ4n) is 2.81. The second kappa shape index (κ2) is 7.50. The lowest BCUT2D eigenvalue weighted by Crippen LogP contribution is -2.45. The highest BCUT2D eigenvalue weighted by Crippen LogP contribution is 2.35. The van der Waals surface area contributed by atoms with Gasteiger partial charge in [0.25, 0.3) is 0 Å². The van der Waals surface area contributed by atoms with Crippen LogP contribution >= 0.6 is 0 Å². The quantitative estimate of drug-likeness (QED) is 0.792. The fraction of sp³-hybridized carbons (Fsp3) is 0.625. The molecular formula is C16H27N5O2. The molecule has 1 aromatic rings. The van der Waals surface area contributed by atoms with Gasteiger partial charge in [0.2, 0.25) is 0 Å². The van der Waals surface area contributed by atoms with Crippen molar-refractivity contribution < 1.29 is 9.53 Å². The van der Waals surface area contributed by atoms with Gasteiger partial charge in [0.15, 0.2) is 5.82 Å². The van der Waals surface area contributed by atoms with Gasteiger partial charge in [0.05, 0.1) is 23.7 Å². The largest absolute Gasteiger partial charge is 0.462 e. The van der Waals surface area contributed by atoms with E-state index < -0.39 is 0 Å². The Morgan fingerprint density at radius 1 is 1.30 bits per heavy atom. The lowest BCUT2D eigenvalue weighted by atomic mass is 10.1. The molecule has 0 aromatic carbocycles. The number of likely N-dealkylation sites (N-methyl/N-ethyl adjacent to an activating group) is 1. The zero-order chi connectivity index (χ0) is 17.0. The first-order chi connectivity index (χ1) is 11.0. The summed E-state index contributed by atoms with van der Waals surface area (Å²) in [6, 6.07) is 0. The summed E-state index contributed by atoms with van der Waals surface area (Å²) in [5.74, 6) is 0.271. The van der Waals surface area contributed by atoms with E-state index in [1.54, 1.807) is 6.92 Å². The van der Waals surface area contributed by atoms with Crippen LogP contribution in [-0.4, -0.2) is 62.2 Å². The van der Waals surface area contributed by atoms with Crippen molar-refractivity contribution in [3.05, 3.63) is 11.3 Å². The predicted octanol–water partition coefficient (Wildman–Crippen LogP) is 1.33. The Morgan fingerprint density at radius 3 is 2.52 bits per heavy atom. The van der Waals surface area contributed by atoms with Gasteiger partial charge in [-0.1, -0.05) is 0 Å². The van der Waals surface area contributed by atoms with Crippen molar-refractivity contribution in [3.63, 3.8) is 0 Å². The molecule has 0 bridgehead atoms. The summed E-state index contributed by atoms with van der Waals surface area (Å²) in [6.07, 6.45) is 0. The first-order valence-corrected chi connectivity index (χ1v) is 8.14. The summed E-state index contributed by atoms with van der Waals surface area (Å²) in [7, 11) is 2.09. The first-order valence-electron chi connectivity index (χ1n) is 8.14. The number of nitrogen functional groups attached to an aromatic ring is 1. The third-order valence-electron chi connectivity index (χ3n) is 4.03. The van der Waals surface area contributed by atoms with Crippen LogP contribution in [0.4, 0.5) is 17.2 Å². The minimum Gasteiger partial charge on any atom is -0.462 e. The number of ether oxygens (including phenoxy) is 1. The highest BCUT2D eigenvalue weighted by Gasteiger charge is 2.27. The number of anilines is 3. The van der Waals surface area contributed by atoms with Crippen molar-refractivity contribution in [2.45, 2.75) is 20.8 Å². The number of aromatic nitrogens is 1. The van der Waals surface area contributed by atoms with E-state index in [9.17, 15) is 4.79 Å². The van der Waals surface area contributed by atoms with E-state index in [0.29, 0.717) is 29.4 Å². The molecule has 0 aliphatic carbocycles. The Hall–Kier alpha value is -2.02. The molecule has 0 saturated carbocycles. The zero-order valence-corrected chi connectivity index (χ0v) is 14.5. The van der Waals surface area contributed by atoms with Gasteiger partial charge < -0.3 is 25.6 Å². The molecular weight excluding hydrogens is 294 g/mol. The number of nitrogens with one attached hydrogen (secondary N) is 1. The number of nitrogens with two attached hydrogens (primary N) is 1. The standard InChI is InChI=1S/C16H27N5O2/c1-5-18-15-13(17)14(21-9-7-20(4)8-10-21)12(11(3)19-15)16(22)23-6-2/h5-10,17H2,1-4H3,(H,18,19). The Morgan fingerprint density at radius 2 is 1.96 bits per heavy atom. The van der Waals surface area contributed by atoms with Gasteiger partial charge in [-0.3, -0.25) is 0 Å². The molecule has 1 saturated heterocycles. The van der Waals surface area contributed by atoms with Crippen LogP contribution in [0.5, 0.6) is 0 Å². The van der Waals surface area contributed by atoms with E-state index in [-0.39, 0.29) is 5.97 Å². The molecule has 1 fully saturated rings. The van der Waals surface area contributed by atoms with E-state index in [2.05, 4.69) is 27.1 Å². The normalized spacial score (nSPS) is 15.6. The molecule has 1 aliphatic rings. The maximum Gasteiger partial charge on any atom is 0.342 e. The van der Waals surface area contributed by atoms with Crippen LogP contribution in [0.25, 0.3) is 0 Å². The number of hydrogen-bond donors (Lipinski definition) is 2. The molecule has 128 valence electrons. The minimum absolute atomic E-state index is 0.329. The molecule has 23 heavy (non-hydrogen) atoms. The second-order valence-corrected chi connectivity index (χ2v) is 5.72. The van der Waals surface area contributed by atoms with Crippen LogP contribution in [0.3, 0.4) is 0 Å². The molecule has 0 unspecified atom stereocenters. The van der Waals surface area contributed by atoms with Crippen LogP contribution < -0.4 is 16.0 Å². The van der Waals surface area contributed by atoms with E-state index in [1.165, 1.54) is 0 Å². The summed E-state index contributed by atoms with van der Waals surface area (Å²) < 4.78 is 5.22. The average molecular weight is 321 g/mol. The molecule has 3 N–H and O–H groups in total. The molecule has 0 amide bonds. The van der Waals surface area contributed by atoms with Gasteiger partial charge in [0.1, 0.15) is 5.56 Å². The Balaban J connectivity index is 2.51. The second-order valence-electron chi connectivity index (χ2n) is 5.72. The number of aryl methyl sites for hydroxylation is 1. The van der Waals surface area contributed by atoms with Gasteiger partial charge in [-0.15, -0.1) is 0 Å². The minimum atomic E-state index is -0.360. The number of pyridine rings is 1. The van der Waals surface area contributed by atoms with Crippen LogP contribution in [-0.2, 0) is 4.74 Å². The monoisotopic (exact) mass is 321 g/mol. The molecule has 7 heteroatoms. The molecule has 0 spiro atoms. The Labute approximate surface area is 137 Å². The lowest BCUT2D eigenvalue weighted by Gasteiger charge is -2.36. The predicted molar refractivity (Wildman–Crippen MR) is 93.2 cm³/mol. The molecule has 2 rings (SSSR count). The molecule has 0 atom stereocenters. The summed E-state index contributed by atoms with van der Waals surface area (Å²) in [4.78, 5) is 21.3. The SMILES string of the molecule is CCNc1nc(C)c(C(=O)OCC)c(N2CCN(C)CC2)c1N. The average Bonchev–Trinajstić information content (AvgIpc) is 2.51. The van der Waals surface area contributed by atoms with E-state index in [1.807, 2.05) is 13.8 Å². The lowest BCUT2D eigenvalue weighted by molar-refractivity contribution is 0.0525. The summed E-state index contributed by atoms with van der Waals surface area (Å²) in [6.45, 7) is 10.2. The van der Waals surface area contributed by atoms with Gasteiger partial charge in [0, 0.05) is 32.7 Å². The van der Waals surface area contributed by atoms with Crippen molar-refractivity contribution in [1.29, 1.82) is 0 Å². The zero-order valence-electron chi connectivity index (χ0n) is 14.5. The van der Waals surface area contributed by atoms with Crippen molar-refractivity contribution in [3.8, 4) is 0 Å². The Bertz CT molecular complexity index is 568. The van der Waals surface area contributed by atoms with Crippen LogP contribution in [0.2, 0.25) is 0 Å². The fourth-order valence-corrected chi connectivity index (χ4v) is 2.81. The summed E-state index contributed by atoms with van der Waals surface area (Å²) >= 11 is 0. The van der Waals surface area contributed by atoms with Gasteiger partial charge in [-0.25, -0.2) is 9.78 Å². The van der Waals surface area contributed by atoms with Crippen molar-refractivity contribution in [1.82, 2.24) is 9.88 Å². The third-order valence-corrected chi connectivity index (χ3v) is 4.03. The number of carbonyl (C=O) groups excluding carboxylic acids is 1. The number of nitrogens with zero attached hydrogens (tertiary/aromatic N) is 3. The van der Waals surface area contributed by atoms with Gasteiger partial charge >= 0.3 is 5.97 Å². The van der Waals surface area contributed by atoms with Crippen LogP contribution in [0, 0.1) is 6.92 Å². The number of rotatable bonds is 5. The van der Waals surface area contributed by atoms with E-state index >= 15 is 0 Å². The van der Waals surface area contributed by atoms with Crippen molar-refractivity contribution >= 4 is 23.2 Å². The van der Waals surface area contributed by atoms with Crippen molar-refractivity contribution in [2.24, 2.45) is 0 Å². The maximum absolute atomic E-state index is 12.4. The van der Waals surface area contributed by atoms with Crippen LogP contribution in [0.1, 0.15) is 29.9 Å². The molecule has 7 nitrogen and oxygen atoms in total. The van der Waals surface area contributed by atoms with E-state index in [4.69, 9.17) is 10.5 Å². The van der Waals surface area contributed by atoms with Crippen molar-refractivity contribution in [2.75, 3.05) is 62.3 Å². The Kier molecular flexibility index (Phi) is 5.65.